The van der Waals surface area contributed by atoms with Crippen molar-refractivity contribution in [2.75, 3.05) is 6.61 Å². The topological polar surface area (TPSA) is 228 Å². The van der Waals surface area contributed by atoms with Crippen LogP contribution in [0.25, 0.3) is 0 Å². The van der Waals surface area contributed by atoms with Crippen LogP contribution in [0.5, 0.6) is 0 Å². The number of aliphatic hydroxyl groups excluding tert-OH is 3. The molecular formula is C42H53NO14. The molecule has 4 aliphatic rings. The minimum Gasteiger partial charge on any atom is -0.456 e. The highest BCUT2D eigenvalue weighted by molar-refractivity contribution is 5.96. The van der Waals surface area contributed by atoms with Crippen molar-refractivity contribution in [3.63, 3.8) is 0 Å². The maximum Gasteiger partial charge on any atom is 0.408 e. The van der Waals surface area contributed by atoms with E-state index >= 15 is 0 Å². The summed E-state index contributed by atoms with van der Waals surface area (Å²) in [5, 5.41) is 63.7. The van der Waals surface area contributed by atoms with Gasteiger partial charge >= 0.3 is 18.0 Å². The van der Waals surface area contributed by atoms with Crippen LogP contribution in [-0.4, -0.2) is 115 Å². The number of hydrogen-bond donors (Lipinski definition) is 6. The largest absolute Gasteiger partial charge is 0.456 e. The quantitative estimate of drug-likeness (QED) is 0.122. The number of hydrogen-bond acceptors (Lipinski definition) is 14. The molecule has 2 aromatic rings. The van der Waals surface area contributed by atoms with Gasteiger partial charge in [0.1, 0.15) is 29.5 Å². The van der Waals surface area contributed by atoms with Gasteiger partial charge in [0.15, 0.2) is 23.1 Å². The van der Waals surface area contributed by atoms with Crippen LogP contribution in [0, 0.1) is 11.3 Å². The van der Waals surface area contributed by atoms with Crippen LogP contribution in [0.2, 0.25) is 0 Å². The Kier molecular flexibility index (Phi) is 11.3. The Morgan fingerprint density at radius 3 is 2.18 bits per heavy atom. The molecule has 1 heterocycles. The van der Waals surface area contributed by atoms with Crippen molar-refractivity contribution in [3.05, 3.63) is 82.9 Å². The fraction of sp³-hybridized carbons (Fsp3) is 0.571. The van der Waals surface area contributed by atoms with E-state index in [-0.39, 0.29) is 30.8 Å². The van der Waals surface area contributed by atoms with Crippen LogP contribution < -0.4 is 5.32 Å². The monoisotopic (exact) mass is 795 g/mol. The first-order valence-electron chi connectivity index (χ1n) is 19.0. The van der Waals surface area contributed by atoms with Crippen LogP contribution >= 0.6 is 0 Å². The first-order valence-corrected chi connectivity index (χ1v) is 19.0. The van der Waals surface area contributed by atoms with Crippen molar-refractivity contribution in [1.29, 1.82) is 0 Å². The average molecular weight is 796 g/mol. The summed E-state index contributed by atoms with van der Waals surface area (Å²) in [5.41, 5.74) is -8.42. The van der Waals surface area contributed by atoms with E-state index in [0.717, 1.165) is 6.92 Å². The number of nitrogens with one attached hydrogen (secondary N) is 1. The number of amides is 1. The fourth-order valence-corrected chi connectivity index (χ4v) is 9.27. The lowest BCUT2D eigenvalue weighted by Gasteiger charge is -2.67. The molecule has 0 radical (unpaired) electrons. The van der Waals surface area contributed by atoms with Gasteiger partial charge in [0.25, 0.3) is 0 Å². The Morgan fingerprint density at radius 1 is 1.00 bits per heavy atom. The highest BCUT2D eigenvalue weighted by atomic mass is 16.6. The predicted octanol–water partition coefficient (Wildman–Crippen LogP) is 2.34. The molecule has 6 N–H and O–H groups in total. The minimum absolute atomic E-state index is 0.110. The molecule has 2 aromatic carbocycles. The lowest BCUT2D eigenvalue weighted by atomic mass is 9.47. The van der Waals surface area contributed by atoms with E-state index in [0.29, 0.717) is 11.1 Å². The van der Waals surface area contributed by atoms with Crippen molar-refractivity contribution < 1.29 is 68.4 Å². The van der Waals surface area contributed by atoms with Crippen LogP contribution in [0.15, 0.2) is 71.8 Å². The summed E-state index contributed by atoms with van der Waals surface area (Å²) in [4.78, 5) is 54.4. The third kappa shape index (κ3) is 7.28. The molecule has 1 amide bonds. The molecule has 2 bridgehead atoms. The van der Waals surface area contributed by atoms with Gasteiger partial charge in [0.2, 0.25) is 0 Å². The van der Waals surface area contributed by atoms with Crippen molar-refractivity contribution >= 4 is 23.8 Å². The molecule has 15 nitrogen and oxygen atoms in total. The predicted molar refractivity (Wildman–Crippen MR) is 200 cm³/mol. The molecular weight excluding hydrogens is 742 g/mol. The zero-order valence-electron chi connectivity index (χ0n) is 33.1. The number of aliphatic hydroxyl groups is 5. The average Bonchev–Trinajstić information content (AvgIpc) is 3.13. The summed E-state index contributed by atoms with van der Waals surface area (Å²) in [7, 11) is 0. The second-order valence-corrected chi connectivity index (χ2v) is 17.1. The molecule has 3 fully saturated rings. The van der Waals surface area contributed by atoms with Crippen molar-refractivity contribution in [2.45, 2.75) is 133 Å². The zero-order valence-corrected chi connectivity index (χ0v) is 33.1. The number of rotatable bonds is 9. The molecule has 6 rings (SSSR count). The van der Waals surface area contributed by atoms with Gasteiger partial charge in [-0.3, -0.25) is 9.59 Å². The van der Waals surface area contributed by atoms with Gasteiger partial charge in [-0.15, -0.1) is 0 Å². The molecule has 2 saturated carbocycles. The molecule has 1 saturated heterocycles. The smallest absolute Gasteiger partial charge is 0.408 e. The van der Waals surface area contributed by atoms with Gasteiger partial charge in [-0.1, -0.05) is 74.5 Å². The lowest BCUT2D eigenvalue weighted by Crippen LogP contribution is -2.84. The number of ketones is 1. The Hall–Kier alpha value is -4.22. The number of alkyl carbamates (subject to hydrolysis) is 1. The van der Waals surface area contributed by atoms with Crippen LogP contribution in [0.3, 0.4) is 0 Å². The first-order chi connectivity index (χ1) is 26.6. The Bertz CT molecular complexity index is 1890. The standard InChI is InChI=1S/C42H53NO14/c1-22-26(55-36(49)32(47)30(25-16-12-9-13-17-25)43-37(50)57-38(3,4)5)19-41(51)35(53-20-24-14-10-8-11-15-24)33-40(56-23(2)44)21-54-28(40)18-27(45)42(33,52)34(48)31(46)29(22)39(41,6)7/h8-17,26-28,30-33,35,45-47,51-52H,18-21H2,1-7H3,(H,43,50)/t26-,27-,28+,30-,31+,32+,33?,35-,40-,41+,42-/m0/s1. The number of carbonyl (C=O) groups is 4. The zero-order chi connectivity index (χ0) is 41.9. The van der Waals surface area contributed by atoms with E-state index < -0.39 is 107 Å². The molecule has 0 aromatic heterocycles. The van der Waals surface area contributed by atoms with Crippen LogP contribution in [0.1, 0.15) is 78.5 Å². The number of carbonyl (C=O) groups excluding carboxylic acids is 4. The Morgan fingerprint density at radius 2 is 1.61 bits per heavy atom. The van der Waals surface area contributed by atoms with E-state index in [1.165, 1.54) is 6.92 Å². The number of ether oxygens (including phenoxy) is 5. The number of esters is 2. The normalized spacial score (nSPS) is 34.2. The highest BCUT2D eigenvalue weighted by Crippen LogP contribution is 2.61. The van der Waals surface area contributed by atoms with Gasteiger partial charge in [-0.2, -0.15) is 0 Å². The third-order valence-electron chi connectivity index (χ3n) is 12.1. The maximum absolute atomic E-state index is 14.7. The molecule has 3 aliphatic carbocycles. The van der Waals surface area contributed by atoms with Gasteiger partial charge in [0.05, 0.1) is 37.4 Å². The van der Waals surface area contributed by atoms with E-state index in [2.05, 4.69) is 5.32 Å². The molecule has 310 valence electrons. The van der Waals surface area contributed by atoms with Crippen LogP contribution in [0.4, 0.5) is 4.79 Å². The first kappa shape index (κ1) is 42.4. The summed E-state index contributed by atoms with van der Waals surface area (Å²) in [6.45, 7) is 10.2. The van der Waals surface area contributed by atoms with E-state index in [1.807, 2.05) is 0 Å². The second kappa shape index (κ2) is 15.2. The summed E-state index contributed by atoms with van der Waals surface area (Å²) in [6.07, 6.45) is -11.9. The summed E-state index contributed by atoms with van der Waals surface area (Å²) in [5.74, 6) is -4.99. The fourth-order valence-electron chi connectivity index (χ4n) is 9.27. The Balaban J connectivity index is 1.46. The van der Waals surface area contributed by atoms with Gasteiger partial charge in [-0.05, 0) is 50.0 Å². The lowest BCUT2D eigenvalue weighted by molar-refractivity contribution is -0.362. The van der Waals surface area contributed by atoms with E-state index in [4.69, 9.17) is 23.7 Å². The van der Waals surface area contributed by atoms with Gasteiger partial charge in [0, 0.05) is 25.2 Å². The molecule has 0 spiro atoms. The minimum atomic E-state index is -2.84. The van der Waals surface area contributed by atoms with E-state index in [1.54, 1.807) is 95.3 Å². The second-order valence-electron chi connectivity index (χ2n) is 17.1. The van der Waals surface area contributed by atoms with E-state index in [9.17, 15) is 44.7 Å². The Labute approximate surface area is 330 Å². The van der Waals surface area contributed by atoms with Crippen molar-refractivity contribution in [2.24, 2.45) is 11.3 Å². The van der Waals surface area contributed by atoms with Gasteiger partial charge in [-0.25, -0.2) is 9.59 Å². The molecule has 11 atom stereocenters. The maximum atomic E-state index is 14.7. The molecule has 57 heavy (non-hydrogen) atoms. The van der Waals surface area contributed by atoms with Crippen LogP contribution in [-0.2, 0) is 44.7 Å². The number of benzene rings is 2. The molecule has 1 unspecified atom stereocenters. The number of fused-ring (bicyclic) bond motifs is 5. The summed E-state index contributed by atoms with van der Waals surface area (Å²) < 4.78 is 29.6. The summed E-state index contributed by atoms with van der Waals surface area (Å²) in [6, 6.07) is 15.6. The SMILES string of the molecule is CC(=O)O[C@@]12CO[C@@H]1C[C@H](O)[C@@]1(O)C(=O)[C@H](O)C3=C(C)[C@@H](OC(=O)[C@H](O)[C@@H](NC(=O)OC(C)(C)C)c4ccccc4)C[C@@](O)([C@@H](OCc4ccccc4)C12)C3(C)C. The summed E-state index contributed by atoms with van der Waals surface area (Å²) >= 11 is 0. The highest BCUT2D eigenvalue weighted by Gasteiger charge is 2.78. The van der Waals surface area contributed by atoms with Crippen molar-refractivity contribution in [3.8, 4) is 0 Å². The number of Topliss-reactive ketones (excluding diaryl/α,β-unsaturated/α-hetero) is 1. The molecule has 15 heteroatoms. The third-order valence-corrected chi connectivity index (χ3v) is 12.1. The van der Waals surface area contributed by atoms with Gasteiger partial charge < -0.3 is 54.5 Å². The molecule has 1 aliphatic heterocycles. The van der Waals surface area contributed by atoms with Crippen molar-refractivity contribution in [1.82, 2.24) is 5.32 Å².